The monoisotopic (exact) mass is 289 g/mol. The molecular formula is C17H20ClNO. The van der Waals surface area contributed by atoms with Gasteiger partial charge in [0.15, 0.2) is 0 Å². The molecule has 0 bridgehead atoms. The first-order valence-corrected chi connectivity index (χ1v) is 7.31. The van der Waals surface area contributed by atoms with E-state index in [1.54, 1.807) is 12.1 Å². The highest BCUT2D eigenvalue weighted by molar-refractivity contribution is 6.30. The predicted molar refractivity (Wildman–Crippen MR) is 84.0 cm³/mol. The Kier molecular flexibility index (Phi) is 6.06. The average molecular weight is 290 g/mol. The fourth-order valence-corrected chi connectivity index (χ4v) is 2.23. The van der Waals surface area contributed by atoms with E-state index in [9.17, 15) is 5.11 Å². The highest BCUT2D eigenvalue weighted by atomic mass is 35.5. The maximum absolute atomic E-state index is 10.0. The van der Waals surface area contributed by atoms with Crippen LogP contribution in [0.3, 0.4) is 0 Å². The molecule has 0 radical (unpaired) electrons. The Morgan fingerprint density at radius 3 is 2.40 bits per heavy atom. The molecule has 0 saturated heterocycles. The van der Waals surface area contributed by atoms with Crippen LogP contribution in [0.5, 0.6) is 0 Å². The Hall–Kier alpha value is -1.35. The lowest BCUT2D eigenvalue weighted by Crippen LogP contribution is -2.22. The van der Waals surface area contributed by atoms with Gasteiger partial charge in [-0.3, -0.25) is 0 Å². The van der Waals surface area contributed by atoms with Gasteiger partial charge in [0, 0.05) is 11.6 Å². The van der Waals surface area contributed by atoms with E-state index in [1.165, 1.54) is 5.56 Å². The maximum atomic E-state index is 10.0. The topological polar surface area (TPSA) is 32.3 Å². The van der Waals surface area contributed by atoms with Gasteiger partial charge >= 0.3 is 0 Å². The Morgan fingerprint density at radius 2 is 1.70 bits per heavy atom. The number of aliphatic hydroxyl groups excluding tert-OH is 1. The smallest absolute Gasteiger partial charge is 0.0914 e. The number of hydrogen-bond donors (Lipinski definition) is 2. The second-order valence-electron chi connectivity index (χ2n) is 4.86. The summed E-state index contributed by atoms with van der Waals surface area (Å²) in [5.74, 6) is 0. The van der Waals surface area contributed by atoms with Crippen molar-refractivity contribution in [1.82, 2.24) is 5.32 Å². The molecule has 2 N–H and O–H groups in total. The summed E-state index contributed by atoms with van der Waals surface area (Å²) in [6.45, 7) is 1.47. The third-order valence-corrected chi connectivity index (χ3v) is 3.51. The largest absolute Gasteiger partial charge is 0.387 e. The number of aryl methyl sites for hydroxylation is 1. The highest BCUT2D eigenvalue weighted by Gasteiger charge is 2.06. The van der Waals surface area contributed by atoms with Crippen molar-refractivity contribution >= 4 is 11.6 Å². The zero-order chi connectivity index (χ0) is 14.2. The van der Waals surface area contributed by atoms with E-state index in [0.717, 1.165) is 24.9 Å². The second kappa shape index (κ2) is 8.05. The molecule has 20 heavy (non-hydrogen) atoms. The Bertz CT molecular complexity index is 498. The quantitative estimate of drug-likeness (QED) is 0.764. The summed E-state index contributed by atoms with van der Waals surface area (Å²) < 4.78 is 0. The molecule has 0 aliphatic carbocycles. The molecule has 0 spiro atoms. The third-order valence-electron chi connectivity index (χ3n) is 3.25. The van der Waals surface area contributed by atoms with Gasteiger partial charge in [-0.25, -0.2) is 0 Å². The molecule has 2 aromatic carbocycles. The molecule has 1 unspecified atom stereocenters. The second-order valence-corrected chi connectivity index (χ2v) is 5.30. The van der Waals surface area contributed by atoms with Crippen LogP contribution in [-0.4, -0.2) is 18.2 Å². The average Bonchev–Trinajstić information content (AvgIpc) is 2.48. The lowest BCUT2D eigenvalue weighted by atomic mass is 10.1. The molecule has 2 rings (SSSR count). The highest BCUT2D eigenvalue weighted by Crippen LogP contribution is 2.15. The summed E-state index contributed by atoms with van der Waals surface area (Å²) >= 11 is 5.82. The Morgan fingerprint density at radius 1 is 1.00 bits per heavy atom. The normalized spacial score (nSPS) is 12.3. The molecule has 2 nitrogen and oxygen atoms in total. The number of rotatable bonds is 7. The summed E-state index contributed by atoms with van der Waals surface area (Å²) in [7, 11) is 0. The van der Waals surface area contributed by atoms with E-state index in [4.69, 9.17) is 11.6 Å². The molecule has 0 fully saturated rings. The van der Waals surface area contributed by atoms with Gasteiger partial charge in [0.25, 0.3) is 0 Å². The van der Waals surface area contributed by atoms with Gasteiger partial charge in [0.05, 0.1) is 6.10 Å². The van der Waals surface area contributed by atoms with E-state index in [1.807, 2.05) is 18.2 Å². The number of hydrogen-bond acceptors (Lipinski definition) is 2. The molecule has 2 aromatic rings. The fraction of sp³-hybridized carbons (Fsp3) is 0.294. The Balaban J connectivity index is 1.64. The molecule has 0 aromatic heterocycles. The minimum Gasteiger partial charge on any atom is -0.387 e. The van der Waals surface area contributed by atoms with Crippen molar-refractivity contribution in [3.05, 3.63) is 70.7 Å². The zero-order valence-corrected chi connectivity index (χ0v) is 12.2. The van der Waals surface area contributed by atoms with Crippen LogP contribution in [0.2, 0.25) is 5.02 Å². The maximum Gasteiger partial charge on any atom is 0.0914 e. The van der Waals surface area contributed by atoms with Crippen molar-refractivity contribution in [2.45, 2.75) is 18.9 Å². The first kappa shape index (κ1) is 15.0. The summed E-state index contributed by atoms with van der Waals surface area (Å²) in [4.78, 5) is 0. The summed E-state index contributed by atoms with van der Waals surface area (Å²) in [6, 6.07) is 17.8. The molecule has 3 heteroatoms. The van der Waals surface area contributed by atoms with Gasteiger partial charge in [-0.2, -0.15) is 0 Å². The molecule has 0 saturated carbocycles. The van der Waals surface area contributed by atoms with E-state index in [-0.39, 0.29) is 0 Å². The molecule has 0 aliphatic rings. The fourth-order valence-electron chi connectivity index (χ4n) is 2.10. The van der Waals surface area contributed by atoms with Gasteiger partial charge in [0.1, 0.15) is 0 Å². The minimum atomic E-state index is -0.482. The summed E-state index contributed by atoms with van der Waals surface area (Å²) in [6.07, 6.45) is 1.64. The standard InChI is InChI=1S/C17H20ClNO/c18-16-10-8-15(9-11-16)17(20)13-19-12-4-7-14-5-2-1-3-6-14/h1-3,5-6,8-11,17,19-20H,4,7,12-13H2. The number of aliphatic hydroxyl groups is 1. The predicted octanol–water partition coefficient (Wildman–Crippen LogP) is 3.60. The van der Waals surface area contributed by atoms with E-state index in [0.29, 0.717) is 11.6 Å². The third kappa shape index (κ3) is 4.97. The van der Waals surface area contributed by atoms with Crippen LogP contribution in [0.15, 0.2) is 54.6 Å². The SMILES string of the molecule is OC(CNCCCc1ccccc1)c1ccc(Cl)cc1. The number of nitrogens with one attached hydrogen (secondary N) is 1. The van der Waals surface area contributed by atoms with Crippen LogP contribution in [0.4, 0.5) is 0 Å². The lowest BCUT2D eigenvalue weighted by Gasteiger charge is -2.12. The van der Waals surface area contributed by atoms with E-state index in [2.05, 4.69) is 29.6 Å². The van der Waals surface area contributed by atoms with Crippen LogP contribution in [-0.2, 0) is 6.42 Å². The van der Waals surface area contributed by atoms with E-state index >= 15 is 0 Å². The zero-order valence-electron chi connectivity index (χ0n) is 11.4. The van der Waals surface area contributed by atoms with Gasteiger partial charge in [-0.1, -0.05) is 54.1 Å². The van der Waals surface area contributed by atoms with Crippen molar-refractivity contribution in [3.8, 4) is 0 Å². The van der Waals surface area contributed by atoms with Gasteiger partial charge in [-0.05, 0) is 42.6 Å². The minimum absolute atomic E-state index is 0.482. The molecule has 0 amide bonds. The Labute approximate surface area is 125 Å². The van der Waals surface area contributed by atoms with Gasteiger partial charge in [0.2, 0.25) is 0 Å². The summed E-state index contributed by atoms with van der Waals surface area (Å²) in [5, 5.41) is 14.0. The molecular weight excluding hydrogens is 270 g/mol. The first-order chi connectivity index (χ1) is 9.75. The number of benzene rings is 2. The van der Waals surface area contributed by atoms with Gasteiger partial charge < -0.3 is 10.4 Å². The van der Waals surface area contributed by atoms with Crippen molar-refractivity contribution in [2.75, 3.05) is 13.1 Å². The molecule has 1 atom stereocenters. The van der Waals surface area contributed by atoms with Crippen molar-refractivity contribution in [3.63, 3.8) is 0 Å². The van der Waals surface area contributed by atoms with E-state index < -0.39 is 6.10 Å². The van der Waals surface area contributed by atoms with Crippen LogP contribution >= 0.6 is 11.6 Å². The van der Waals surface area contributed by atoms with Crippen LogP contribution < -0.4 is 5.32 Å². The number of halogens is 1. The van der Waals surface area contributed by atoms with Gasteiger partial charge in [-0.15, -0.1) is 0 Å². The van der Waals surface area contributed by atoms with Crippen molar-refractivity contribution in [1.29, 1.82) is 0 Å². The first-order valence-electron chi connectivity index (χ1n) is 6.94. The van der Waals surface area contributed by atoms with Crippen LogP contribution in [0, 0.1) is 0 Å². The summed E-state index contributed by atoms with van der Waals surface area (Å²) in [5.41, 5.74) is 2.25. The van der Waals surface area contributed by atoms with Crippen LogP contribution in [0.25, 0.3) is 0 Å². The van der Waals surface area contributed by atoms with Crippen LogP contribution in [0.1, 0.15) is 23.7 Å². The lowest BCUT2D eigenvalue weighted by molar-refractivity contribution is 0.175. The van der Waals surface area contributed by atoms with Crippen molar-refractivity contribution < 1.29 is 5.11 Å². The molecule has 0 aliphatic heterocycles. The molecule has 0 heterocycles. The molecule has 106 valence electrons. The van der Waals surface area contributed by atoms with Crippen molar-refractivity contribution in [2.24, 2.45) is 0 Å².